The smallest absolute Gasteiger partial charge is 0.249 e. The lowest BCUT2D eigenvalue weighted by atomic mass is 10.1. The molecular weight excluding hydrogens is 410 g/mol. The molecule has 0 saturated carbocycles. The SMILES string of the molecule is CN1C(=O)[C@@H]2CCCN2c2nc(CCc3cnn(Cc4ccccc4N([O-])O)c3)ncc21. The van der Waals surface area contributed by atoms with Gasteiger partial charge >= 0.3 is 0 Å². The lowest BCUT2D eigenvalue weighted by molar-refractivity contribution is -0.119. The Balaban J connectivity index is 1.28. The molecule has 166 valence electrons. The molecule has 0 unspecified atom stereocenters. The molecule has 1 aromatic carbocycles. The summed E-state index contributed by atoms with van der Waals surface area (Å²) in [5, 5.41) is 24.9. The highest BCUT2D eigenvalue weighted by atomic mass is 16.8. The quantitative estimate of drug-likeness (QED) is 0.587. The standard InChI is InChI=1S/C22H24N7O3/c1-26-19-12-23-20(25-21(19)28-10-4-7-18(28)22(26)30)9-8-15-11-24-27(13-15)14-16-5-2-3-6-17(16)29(31)32/h2-3,5-6,11-13,18,31H,4,7-10,14H2,1H3/q-1/t18-/m0/s1. The summed E-state index contributed by atoms with van der Waals surface area (Å²) in [4.78, 5) is 25.6. The Bertz CT molecular complexity index is 1150. The zero-order valence-corrected chi connectivity index (χ0v) is 17.8. The van der Waals surface area contributed by atoms with Crippen LogP contribution in [0, 0.1) is 5.21 Å². The molecule has 1 saturated heterocycles. The molecule has 10 heteroatoms. The first-order valence-corrected chi connectivity index (χ1v) is 10.7. The minimum Gasteiger partial charge on any atom is -0.733 e. The van der Waals surface area contributed by atoms with Gasteiger partial charge in [-0.2, -0.15) is 5.10 Å². The maximum atomic E-state index is 12.5. The molecule has 3 aromatic rings. The first-order valence-electron chi connectivity index (χ1n) is 10.7. The number of benzene rings is 1. The zero-order chi connectivity index (χ0) is 22.2. The van der Waals surface area contributed by atoms with Crippen LogP contribution in [-0.2, 0) is 24.2 Å². The van der Waals surface area contributed by atoms with Crippen LogP contribution in [0.4, 0.5) is 17.2 Å². The number of anilines is 3. The first kappa shape index (κ1) is 20.4. The number of para-hydroxylation sites is 1. The summed E-state index contributed by atoms with van der Waals surface area (Å²) >= 11 is 0. The van der Waals surface area contributed by atoms with Crippen molar-refractivity contribution in [2.75, 3.05) is 28.6 Å². The summed E-state index contributed by atoms with van der Waals surface area (Å²) in [5.41, 5.74) is 2.67. The highest BCUT2D eigenvalue weighted by Crippen LogP contribution is 2.37. The van der Waals surface area contributed by atoms with E-state index in [1.807, 2.05) is 12.3 Å². The van der Waals surface area contributed by atoms with Gasteiger partial charge in [-0.05, 0) is 36.5 Å². The van der Waals surface area contributed by atoms with Crippen molar-refractivity contribution >= 4 is 23.1 Å². The van der Waals surface area contributed by atoms with Crippen molar-refractivity contribution in [2.45, 2.75) is 38.3 Å². The highest BCUT2D eigenvalue weighted by molar-refractivity contribution is 6.04. The van der Waals surface area contributed by atoms with Crippen molar-refractivity contribution in [1.82, 2.24) is 19.7 Å². The van der Waals surface area contributed by atoms with Gasteiger partial charge < -0.3 is 20.2 Å². The average Bonchev–Trinajstić information content (AvgIpc) is 3.46. The molecule has 2 aromatic heterocycles. The number of carbonyl (C=O) groups excluding carboxylic acids is 1. The van der Waals surface area contributed by atoms with Gasteiger partial charge in [-0.15, -0.1) is 0 Å². The van der Waals surface area contributed by atoms with E-state index in [1.165, 1.54) is 0 Å². The molecule has 0 radical (unpaired) electrons. The third kappa shape index (κ3) is 3.67. The zero-order valence-electron chi connectivity index (χ0n) is 17.8. The molecule has 1 N–H and O–H groups in total. The van der Waals surface area contributed by atoms with E-state index in [0.717, 1.165) is 42.3 Å². The van der Waals surface area contributed by atoms with Gasteiger partial charge in [-0.1, -0.05) is 18.2 Å². The van der Waals surface area contributed by atoms with Gasteiger partial charge in [0, 0.05) is 26.2 Å². The van der Waals surface area contributed by atoms with Crippen LogP contribution in [0.3, 0.4) is 0 Å². The Kier molecular flexibility index (Phi) is 5.24. The number of amides is 1. The van der Waals surface area contributed by atoms with Gasteiger partial charge in [0.25, 0.3) is 0 Å². The summed E-state index contributed by atoms with van der Waals surface area (Å²) in [6, 6.07) is 6.75. The van der Waals surface area contributed by atoms with Crippen molar-refractivity contribution in [3.63, 3.8) is 0 Å². The molecule has 2 aliphatic rings. The number of aromatic nitrogens is 4. The van der Waals surface area contributed by atoms with Crippen LogP contribution in [0.1, 0.15) is 29.8 Å². The number of aryl methyl sites for hydroxylation is 2. The van der Waals surface area contributed by atoms with Crippen molar-refractivity contribution in [3.8, 4) is 0 Å². The number of carbonyl (C=O) groups is 1. The molecule has 10 nitrogen and oxygen atoms in total. The fourth-order valence-corrected chi connectivity index (χ4v) is 4.47. The van der Waals surface area contributed by atoms with Crippen LogP contribution in [0.15, 0.2) is 42.9 Å². The molecule has 0 bridgehead atoms. The second-order valence-electron chi connectivity index (χ2n) is 8.19. The molecule has 1 atom stereocenters. The van der Waals surface area contributed by atoms with E-state index >= 15 is 0 Å². The van der Waals surface area contributed by atoms with Crippen LogP contribution in [0.2, 0.25) is 0 Å². The Morgan fingerprint density at radius 3 is 2.94 bits per heavy atom. The topological polar surface area (TPSA) is 114 Å². The van der Waals surface area contributed by atoms with Crippen molar-refractivity contribution in [2.24, 2.45) is 0 Å². The van der Waals surface area contributed by atoms with Crippen LogP contribution in [0.5, 0.6) is 0 Å². The second kappa shape index (κ2) is 8.21. The van der Waals surface area contributed by atoms with Gasteiger partial charge in [0.15, 0.2) is 5.82 Å². The van der Waals surface area contributed by atoms with Crippen LogP contribution >= 0.6 is 0 Å². The Morgan fingerprint density at radius 1 is 1.25 bits per heavy atom. The summed E-state index contributed by atoms with van der Waals surface area (Å²) < 4.78 is 1.74. The number of nitrogens with zero attached hydrogens (tertiary/aromatic N) is 7. The van der Waals surface area contributed by atoms with E-state index in [4.69, 9.17) is 4.98 Å². The fraction of sp³-hybridized carbons (Fsp3) is 0.364. The number of hydrogen-bond donors (Lipinski definition) is 1. The van der Waals surface area contributed by atoms with Gasteiger partial charge in [-0.25, -0.2) is 9.97 Å². The highest BCUT2D eigenvalue weighted by Gasteiger charge is 2.40. The minimum atomic E-state index is -0.122. The van der Waals surface area contributed by atoms with Gasteiger partial charge in [0.1, 0.15) is 17.6 Å². The van der Waals surface area contributed by atoms with Crippen molar-refractivity contribution in [3.05, 3.63) is 65.0 Å². The van der Waals surface area contributed by atoms with Gasteiger partial charge in [0.2, 0.25) is 5.91 Å². The molecule has 4 heterocycles. The number of likely N-dealkylation sites (N-methyl/N-ethyl adjacent to an activating group) is 1. The lowest BCUT2D eigenvalue weighted by Crippen LogP contribution is -2.49. The third-order valence-electron chi connectivity index (χ3n) is 6.16. The van der Waals surface area contributed by atoms with Crippen LogP contribution in [-0.4, -0.2) is 50.5 Å². The maximum absolute atomic E-state index is 12.5. The first-order chi connectivity index (χ1) is 15.5. The van der Waals surface area contributed by atoms with E-state index in [0.29, 0.717) is 24.9 Å². The third-order valence-corrected chi connectivity index (χ3v) is 6.16. The molecule has 5 rings (SSSR count). The Hall–Kier alpha value is -3.50. The van der Waals surface area contributed by atoms with Gasteiger partial charge in [-0.3, -0.25) is 14.7 Å². The maximum Gasteiger partial charge on any atom is 0.249 e. The average molecular weight is 434 g/mol. The molecule has 0 spiro atoms. The molecule has 0 aliphatic carbocycles. The Labute approximate surface area is 185 Å². The monoisotopic (exact) mass is 434 g/mol. The van der Waals surface area contributed by atoms with Crippen molar-refractivity contribution in [1.29, 1.82) is 0 Å². The summed E-state index contributed by atoms with van der Waals surface area (Å²) in [6.07, 6.45) is 8.68. The lowest BCUT2D eigenvalue weighted by Gasteiger charge is -2.36. The molecule has 1 fully saturated rings. The van der Waals surface area contributed by atoms with Gasteiger partial charge in [0.05, 0.1) is 24.6 Å². The fourth-order valence-electron chi connectivity index (χ4n) is 4.47. The van der Waals surface area contributed by atoms with Crippen LogP contribution < -0.4 is 15.0 Å². The van der Waals surface area contributed by atoms with E-state index in [-0.39, 0.29) is 22.9 Å². The molecular formula is C22H24N7O3-. The van der Waals surface area contributed by atoms with E-state index < -0.39 is 0 Å². The van der Waals surface area contributed by atoms with E-state index in [2.05, 4.69) is 15.0 Å². The number of hydrogen-bond acceptors (Lipinski definition) is 8. The largest absolute Gasteiger partial charge is 0.733 e. The number of fused-ring (bicyclic) bond motifs is 3. The summed E-state index contributed by atoms with van der Waals surface area (Å²) in [6.45, 7) is 1.22. The van der Waals surface area contributed by atoms with Crippen LogP contribution in [0.25, 0.3) is 0 Å². The predicted molar refractivity (Wildman–Crippen MR) is 119 cm³/mol. The molecule has 2 aliphatic heterocycles. The predicted octanol–water partition coefficient (Wildman–Crippen LogP) is 2.15. The minimum absolute atomic E-state index is 0.111. The molecule has 32 heavy (non-hydrogen) atoms. The van der Waals surface area contributed by atoms with E-state index in [1.54, 1.807) is 47.2 Å². The summed E-state index contributed by atoms with van der Waals surface area (Å²) in [7, 11) is 1.79. The normalized spacial score (nSPS) is 17.5. The second-order valence-corrected chi connectivity index (χ2v) is 8.19. The number of rotatable bonds is 6. The van der Waals surface area contributed by atoms with E-state index in [9.17, 15) is 15.2 Å². The summed E-state index contributed by atoms with van der Waals surface area (Å²) in [5.74, 6) is 1.69. The Morgan fingerprint density at radius 2 is 2.09 bits per heavy atom. The van der Waals surface area contributed by atoms with Crippen molar-refractivity contribution < 1.29 is 10.0 Å². The molecule has 1 amide bonds.